The van der Waals surface area contributed by atoms with Crippen molar-refractivity contribution in [1.82, 2.24) is 4.98 Å². The van der Waals surface area contributed by atoms with Gasteiger partial charge in [-0.2, -0.15) is 14.9 Å². The van der Waals surface area contributed by atoms with Gasteiger partial charge in [-0.1, -0.05) is 24.3 Å². The van der Waals surface area contributed by atoms with Gasteiger partial charge in [-0.05, 0) is 48.7 Å². The molecule has 21 heavy (non-hydrogen) atoms. The van der Waals surface area contributed by atoms with Crippen molar-refractivity contribution in [3.8, 4) is 17.2 Å². The molecule has 0 amide bonds. The molecule has 0 saturated carbocycles. The lowest BCUT2D eigenvalue weighted by Gasteiger charge is -2.05. The summed E-state index contributed by atoms with van der Waals surface area (Å²) in [6, 6.07) is 14.3. The third-order valence-corrected chi connectivity index (χ3v) is 2.68. The molecule has 4 nitrogen and oxygen atoms in total. The lowest BCUT2D eigenvalue weighted by atomic mass is 10.0. The van der Waals surface area contributed by atoms with Crippen LogP contribution < -0.4 is 0 Å². The Morgan fingerprint density at radius 2 is 1.52 bits per heavy atom. The summed E-state index contributed by atoms with van der Waals surface area (Å²) in [7, 11) is 0. The van der Waals surface area contributed by atoms with E-state index in [1.165, 1.54) is 11.6 Å². The molecule has 0 radical (unpaired) electrons. The summed E-state index contributed by atoms with van der Waals surface area (Å²) in [5.41, 5.74) is 5.42. The van der Waals surface area contributed by atoms with Crippen LogP contribution in [0, 0.1) is 25.2 Å². The zero-order valence-electron chi connectivity index (χ0n) is 11.8. The Labute approximate surface area is 123 Å². The summed E-state index contributed by atoms with van der Waals surface area (Å²) >= 11 is 0. The highest BCUT2D eigenvalue weighted by Gasteiger charge is 2.00. The number of carbonyl (C=O) groups excluding carboxylic acids is 2. The molecule has 4 heteroatoms. The van der Waals surface area contributed by atoms with Gasteiger partial charge in [-0.25, -0.2) is 0 Å². The Morgan fingerprint density at radius 1 is 1.00 bits per heavy atom. The van der Waals surface area contributed by atoms with Gasteiger partial charge in [0, 0.05) is 17.5 Å². The molecule has 1 heterocycles. The van der Waals surface area contributed by atoms with Gasteiger partial charge in [0.05, 0.1) is 6.07 Å². The maximum atomic E-state index is 8.48. The van der Waals surface area contributed by atoms with Crippen molar-refractivity contribution >= 4 is 12.2 Å². The first kappa shape index (κ1) is 16.0. The van der Waals surface area contributed by atoms with Gasteiger partial charge in [-0.3, -0.25) is 4.98 Å². The zero-order chi connectivity index (χ0) is 15.7. The minimum Gasteiger partial charge on any atom is -0.258 e. The quantitative estimate of drug-likeness (QED) is 0.790. The van der Waals surface area contributed by atoms with Gasteiger partial charge >= 0.3 is 6.15 Å². The van der Waals surface area contributed by atoms with Crippen molar-refractivity contribution in [2.45, 2.75) is 13.8 Å². The van der Waals surface area contributed by atoms with Gasteiger partial charge in [0.2, 0.25) is 0 Å². The number of nitriles is 1. The number of nitrogens with zero attached hydrogens (tertiary/aromatic N) is 2. The third kappa shape index (κ3) is 5.23. The molecule has 104 valence electrons. The van der Waals surface area contributed by atoms with Crippen LogP contribution in [0.4, 0.5) is 0 Å². The molecule has 0 aliphatic carbocycles. The summed E-state index contributed by atoms with van der Waals surface area (Å²) < 4.78 is 0. The molecular weight excluding hydrogens is 264 g/mol. The van der Waals surface area contributed by atoms with Gasteiger partial charge in [-0.15, -0.1) is 0 Å². The van der Waals surface area contributed by atoms with E-state index in [0.29, 0.717) is 0 Å². The number of benzene rings is 1. The van der Waals surface area contributed by atoms with Crippen LogP contribution >= 0.6 is 0 Å². The molecule has 0 saturated heterocycles. The molecule has 0 unspecified atom stereocenters. The fraction of sp³-hybridized carbons (Fsp3) is 0.118. The lowest BCUT2D eigenvalue weighted by Crippen LogP contribution is -1.88. The molecule has 0 aliphatic rings. The van der Waals surface area contributed by atoms with Crippen LogP contribution in [0.1, 0.15) is 17.0 Å². The highest BCUT2D eigenvalue weighted by molar-refractivity contribution is 5.66. The number of aromatic nitrogens is 1. The molecule has 0 atom stereocenters. The van der Waals surface area contributed by atoms with Crippen LogP contribution in [0.5, 0.6) is 0 Å². The molecule has 0 fully saturated rings. The van der Waals surface area contributed by atoms with Crippen LogP contribution in [-0.2, 0) is 9.59 Å². The van der Waals surface area contributed by atoms with Crippen LogP contribution in [0.15, 0.2) is 42.5 Å². The third-order valence-electron chi connectivity index (χ3n) is 2.68. The number of pyridine rings is 1. The van der Waals surface area contributed by atoms with E-state index in [-0.39, 0.29) is 6.15 Å². The number of aryl methyl sites for hydroxylation is 2. The van der Waals surface area contributed by atoms with Crippen molar-refractivity contribution in [1.29, 1.82) is 5.26 Å². The van der Waals surface area contributed by atoms with E-state index in [0.717, 1.165) is 22.5 Å². The maximum Gasteiger partial charge on any atom is 0.373 e. The molecule has 0 bridgehead atoms. The maximum absolute atomic E-state index is 8.48. The second kappa shape index (κ2) is 8.21. The molecule has 1 aromatic heterocycles. The Balaban J connectivity index is 0.000000677. The Morgan fingerprint density at radius 3 is 2.00 bits per heavy atom. The van der Waals surface area contributed by atoms with E-state index in [4.69, 9.17) is 14.9 Å². The molecular formula is C17H14N2O2. The topological polar surface area (TPSA) is 70.8 Å². The summed E-state index contributed by atoms with van der Waals surface area (Å²) in [5.74, 6) is 0. The van der Waals surface area contributed by atoms with Crippen LogP contribution in [0.25, 0.3) is 17.2 Å². The van der Waals surface area contributed by atoms with Crippen LogP contribution in [-0.4, -0.2) is 11.1 Å². The number of allylic oxidation sites excluding steroid dienone is 1. The van der Waals surface area contributed by atoms with Gasteiger partial charge in [0.15, 0.2) is 0 Å². The van der Waals surface area contributed by atoms with Crippen molar-refractivity contribution in [2.24, 2.45) is 0 Å². The fourth-order valence-corrected chi connectivity index (χ4v) is 1.92. The monoisotopic (exact) mass is 278 g/mol. The van der Waals surface area contributed by atoms with Crippen molar-refractivity contribution < 1.29 is 9.59 Å². The number of rotatable bonds is 2. The second-order valence-corrected chi connectivity index (χ2v) is 4.31. The molecule has 0 spiro atoms. The summed E-state index contributed by atoms with van der Waals surface area (Å²) in [6.45, 7) is 4.00. The predicted molar refractivity (Wildman–Crippen MR) is 78.8 cm³/mol. The Bertz CT molecular complexity index is 684. The minimum atomic E-state index is 0.250. The van der Waals surface area contributed by atoms with Gasteiger partial charge < -0.3 is 0 Å². The lowest BCUT2D eigenvalue weighted by molar-refractivity contribution is -0.191. The summed E-state index contributed by atoms with van der Waals surface area (Å²) in [4.78, 5) is 20.6. The molecule has 2 aromatic rings. The highest BCUT2D eigenvalue weighted by atomic mass is 16.2. The van der Waals surface area contributed by atoms with E-state index in [1.54, 1.807) is 6.08 Å². The van der Waals surface area contributed by atoms with Crippen LogP contribution in [0.3, 0.4) is 0 Å². The van der Waals surface area contributed by atoms with E-state index < -0.39 is 0 Å². The second-order valence-electron chi connectivity index (χ2n) is 4.31. The largest absolute Gasteiger partial charge is 0.373 e. The van der Waals surface area contributed by atoms with Crippen molar-refractivity contribution in [3.63, 3.8) is 0 Å². The number of hydrogen-bond acceptors (Lipinski definition) is 4. The summed E-state index contributed by atoms with van der Waals surface area (Å²) in [6.07, 6.45) is 3.53. The molecule has 2 rings (SSSR count). The average molecular weight is 278 g/mol. The average Bonchev–Trinajstić information content (AvgIpc) is 2.45. The minimum absolute atomic E-state index is 0.250. The molecule has 0 N–H and O–H groups in total. The van der Waals surface area contributed by atoms with E-state index >= 15 is 0 Å². The van der Waals surface area contributed by atoms with E-state index in [9.17, 15) is 0 Å². The SMILES string of the molecule is Cc1cc(-c2ccc(/C=C/C#N)cc2)cc(C)n1.O=C=O. The van der Waals surface area contributed by atoms with Crippen LogP contribution in [0.2, 0.25) is 0 Å². The Kier molecular flexibility index (Phi) is 6.27. The predicted octanol–water partition coefficient (Wildman–Crippen LogP) is 3.32. The smallest absolute Gasteiger partial charge is 0.258 e. The van der Waals surface area contributed by atoms with Crippen molar-refractivity contribution in [2.75, 3.05) is 0 Å². The normalized spacial score (nSPS) is 9.38. The first-order chi connectivity index (χ1) is 10.1. The van der Waals surface area contributed by atoms with E-state index in [1.807, 2.05) is 32.0 Å². The highest BCUT2D eigenvalue weighted by Crippen LogP contribution is 2.21. The van der Waals surface area contributed by atoms with E-state index in [2.05, 4.69) is 29.2 Å². The first-order valence-corrected chi connectivity index (χ1v) is 6.22. The zero-order valence-corrected chi connectivity index (χ0v) is 11.8. The molecule has 1 aromatic carbocycles. The standard InChI is InChI=1S/C16H14N2.CO2/c1-12-10-16(11-13(2)18-12)15-7-5-14(6-8-15)4-3-9-17;2-1-3/h3-8,10-11H,1-2H3;/b4-3+;. The van der Waals surface area contributed by atoms with Crippen molar-refractivity contribution in [3.05, 3.63) is 59.4 Å². The fourth-order valence-electron chi connectivity index (χ4n) is 1.92. The van der Waals surface area contributed by atoms with Gasteiger partial charge in [0.25, 0.3) is 0 Å². The Hall–Kier alpha value is -3.02. The first-order valence-electron chi connectivity index (χ1n) is 6.22. The van der Waals surface area contributed by atoms with Gasteiger partial charge in [0.1, 0.15) is 0 Å². The summed E-state index contributed by atoms with van der Waals surface area (Å²) in [5, 5.41) is 8.48. The molecule has 0 aliphatic heterocycles. The number of hydrogen-bond donors (Lipinski definition) is 0.